The van der Waals surface area contributed by atoms with Crippen LogP contribution in [0.2, 0.25) is 0 Å². The number of carbonyl (C=O) groups is 1. The third kappa shape index (κ3) is 3.45. The van der Waals surface area contributed by atoms with E-state index in [1.807, 2.05) is 30.3 Å². The first-order valence-electron chi connectivity index (χ1n) is 8.31. The number of benzene rings is 1. The van der Waals surface area contributed by atoms with Crippen molar-refractivity contribution in [1.82, 2.24) is 24.1 Å². The second-order valence-corrected chi connectivity index (χ2v) is 6.75. The number of carbonyl (C=O) groups excluding carboxylic acids is 1. The van der Waals surface area contributed by atoms with Gasteiger partial charge in [-0.15, -0.1) is 11.3 Å². The summed E-state index contributed by atoms with van der Waals surface area (Å²) in [6, 6.07) is 9.11. The van der Waals surface area contributed by atoms with Crippen molar-refractivity contribution >= 4 is 33.5 Å². The molecule has 1 aromatic carbocycles. The molecule has 10 heteroatoms. The quantitative estimate of drug-likeness (QED) is 0.542. The van der Waals surface area contributed by atoms with Gasteiger partial charge in [-0.1, -0.05) is 30.3 Å². The molecular weight excluding hydrogens is 380 g/mol. The van der Waals surface area contributed by atoms with Gasteiger partial charge in [0.25, 0.3) is 5.56 Å². The molecule has 0 atom stereocenters. The molecule has 3 heterocycles. The lowest BCUT2D eigenvalue weighted by Crippen LogP contribution is -2.42. The summed E-state index contributed by atoms with van der Waals surface area (Å²) in [7, 11) is 0. The molecule has 0 radical (unpaired) electrons. The van der Waals surface area contributed by atoms with Crippen LogP contribution in [0.25, 0.3) is 11.2 Å². The number of amides is 1. The van der Waals surface area contributed by atoms with E-state index in [0.29, 0.717) is 5.13 Å². The van der Waals surface area contributed by atoms with Gasteiger partial charge in [-0.05, 0) is 5.56 Å². The molecule has 9 nitrogen and oxygen atoms in total. The number of thiazole rings is 1. The standard InChI is InChI=1S/C18H14N6O3S/c25-13(22-17-21-8-9-28-17)11-23-15-14(19-6-7-20-15)16(26)24(18(23)27)10-12-4-2-1-3-5-12/h1-9H,10-11H2,(H,21,22,25). The number of hydrogen-bond donors (Lipinski definition) is 1. The molecule has 4 rings (SSSR count). The van der Waals surface area contributed by atoms with E-state index >= 15 is 0 Å². The van der Waals surface area contributed by atoms with Crippen LogP contribution in [-0.2, 0) is 17.9 Å². The third-order valence-corrected chi connectivity index (χ3v) is 4.70. The Morgan fingerprint density at radius 3 is 2.54 bits per heavy atom. The molecule has 1 N–H and O–H groups in total. The lowest BCUT2D eigenvalue weighted by Gasteiger charge is -2.12. The maximum Gasteiger partial charge on any atom is 0.333 e. The summed E-state index contributed by atoms with van der Waals surface area (Å²) in [5.74, 6) is -0.450. The van der Waals surface area contributed by atoms with Crippen molar-refractivity contribution < 1.29 is 4.79 Å². The first kappa shape index (κ1) is 17.7. The van der Waals surface area contributed by atoms with Crippen LogP contribution in [0, 0.1) is 0 Å². The van der Waals surface area contributed by atoms with Crippen molar-refractivity contribution in [2.75, 3.05) is 5.32 Å². The van der Waals surface area contributed by atoms with Gasteiger partial charge in [-0.2, -0.15) is 0 Å². The molecule has 0 aliphatic carbocycles. The van der Waals surface area contributed by atoms with Crippen molar-refractivity contribution in [3.8, 4) is 0 Å². The van der Waals surface area contributed by atoms with Crippen molar-refractivity contribution in [1.29, 1.82) is 0 Å². The zero-order chi connectivity index (χ0) is 19.5. The van der Waals surface area contributed by atoms with E-state index in [9.17, 15) is 14.4 Å². The maximum absolute atomic E-state index is 13.0. The predicted molar refractivity (Wildman–Crippen MR) is 104 cm³/mol. The SMILES string of the molecule is O=C(Cn1c(=O)n(Cc2ccccc2)c(=O)c2nccnc21)Nc1nccs1. The fourth-order valence-electron chi connectivity index (χ4n) is 2.77. The molecule has 0 unspecified atom stereocenters. The first-order valence-corrected chi connectivity index (χ1v) is 9.19. The van der Waals surface area contributed by atoms with Crippen molar-refractivity contribution in [2.45, 2.75) is 13.1 Å². The smallest absolute Gasteiger partial charge is 0.300 e. The van der Waals surface area contributed by atoms with Gasteiger partial charge in [0.2, 0.25) is 5.91 Å². The van der Waals surface area contributed by atoms with E-state index in [0.717, 1.165) is 14.7 Å². The summed E-state index contributed by atoms with van der Waals surface area (Å²) >= 11 is 1.26. The van der Waals surface area contributed by atoms with Crippen LogP contribution in [0.15, 0.2) is 63.9 Å². The topological polar surface area (TPSA) is 112 Å². The van der Waals surface area contributed by atoms with E-state index < -0.39 is 17.2 Å². The Hall–Kier alpha value is -3.66. The Bertz CT molecular complexity index is 1250. The Balaban J connectivity index is 1.79. The number of nitrogens with zero attached hydrogens (tertiary/aromatic N) is 5. The Morgan fingerprint density at radius 1 is 1.00 bits per heavy atom. The number of hydrogen-bond acceptors (Lipinski definition) is 7. The van der Waals surface area contributed by atoms with Crippen LogP contribution in [0.4, 0.5) is 5.13 Å². The molecule has 3 aromatic heterocycles. The van der Waals surface area contributed by atoms with Gasteiger partial charge in [-0.3, -0.25) is 18.7 Å². The van der Waals surface area contributed by atoms with E-state index in [1.54, 1.807) is 11.6 Å². The molecule has 0 saturated heterocycles. The normalized spacial score (nSPS) is 10.9. The molecule has 0 saturated carbocycles. The van der Waals surface area contributed by atoms with Crippen molar-refractivity contribution in [2.24, 2.45) is 0 Å². The Morgan fingerprint density at radius 2 is 1.79 bits per heavy atom. The van der Waals surface area contributed by atoms with Gasteiger partial charge < -0.3 is 5.32 Å². The van der Waals surface area contributed by atoms with Crippen LogP contribution < -0.4 is 16.6 Å². The number of fused-ring (bicyclic) bond motifs is 1. The minimum atomic E-state index is -0.629. The lowest BCUT2D eigenvalue weighted by molar-refractivity contribution is -0.116. The van der Waals surface area contributed by atoms with Crippen LogP contribution in [0.5, 0.6) is 0 Å². The maximum atomic E-state index is 13.0. The number of anilines is 1. The minimum Gasteiger partial charge on any atom is -0.300 e. The molecule has 28 heavy (non-hydrogen) atoms. The van der Waals surface area contributed by atoms with Gasteiger partial charge in [-0.25, -0.2) is 19.7 Å². The van der Waals surface area contributed by atoms with E-state index in [2.05, 4.69) is 20.3 Å². The second-order valence-electron chi connectivity index (χ2n) is 5.86. The molecule has 0 aliphatic rings. The fourth-order valence-corrected chi connectivity index (χ4v) is 3.31. The monoisotopic (exact) mass is 394 g/mol. The molecule has 0 aliphatic heterocycles. The number of aromatic nitrogens is 5. The van der Waals surface area contributed by atoms with Crippen LogP contribution >= 0.6 is 11.3 Å². The zero-order valence-corrected chi connectivity index (χ0v) is 15.3. The summed E-state index contributed by atoms with van der Waals surface area (Å²) in [4.78, 5) is 50.3. The molecule has 140 valence electrons. The molecule has 4 aromatic rings. The molecule has 0 fully saturated rings. The van der Waals surface area contributed by atoms with Gasteiger partial charge >= 0.3 is 5.69 Å². The molecular formula is C18H14N6O3S. The van der Waals surface area contributed by atoms with E-state index in [-0.39, 0.29) is 24.3 Å². The summed E-state index contributed by atoms with van der Waals surface area (Å²) in [5, 5.41) is 4.77. The highest BCUT2D eigenvalue weighted by Gasteiger charge is 2.17. The largest absolute Gasteiger partial charge is 0.333 e. The van der Waals surface area contributed by atoms with Gasteiger partial charge in [0, 0.05) is 24.0 Å². The van der Waals surface area contributed by atoms with Crippen molar-refractivity contribution in [3.05, 3.63) is 80.7 Å². The summed E-state index contributed by atoms with van der Waals surface area (Å²) in [6.07, 6.45) is 4.31. The fraction of sp³-hybridized carbons (Fsp3) is 0.111. The average molecular weight is 394 g/mol. The van der Waals surface area contributed by atoms with Gasteiger partial charge in [0.1, 0.15) is 6.54 Å². The highest BCUT2D eigenvalue weighted by molar-refractivity contribution is 7.13. The number of nitrogens with one attached hydrogen (secondary N) is 1. The summed E-state index contributed by atoms with van der Waals surface area (Å²) < 4.78 is 2.21. The Labute approximate surface area is 162 Å². The van der Waals surface area contributed by atoms with E-state index in [1.165, 1.54) is 23.7 Å². The van der Waals surface area contributed by atoms with Gasteiger partial charge in [0.15, 0.2) is 16.3 Å². The second kappa shape index (κ2) is 7.53. The third-order valence-electron chi connectivity index (χ3n) is 4.01. The molecule has 0 bridgehead atoms. The predicted octanol–water partition coefficient (Wildman–Crippen LogP) is 1.10. The van der Waals surface area contributed by atoms with Crippen LogP contribution in [-0.4, -0.2) is 30.0 Å². The Kier molecular flexibility index (Phi) is 4.77. The zero-order valence-electron chi connectivity index (χ0n) is 14.5. The highest BCUT2D eigenvalue weighted by Crippen LogP contribution is 2.10. The minimum absolute atomic E-state index is 0.0279. The van der Waals surface area contributed by atoms with E-state index in [4.69, 9.17) is 0 Å². The summed E-state index contributed by atoms with van der Waals surface area (Å²) in [5.41, 5.74) is -0.301. The first-order chi connectivity index (χ1) is 13.6. The molecule has 1 amide bonds. The van der Waals surface area contributed by atoms with Crippen LogP contribution in [0.3, 0.4) is 0 Å². The van der Waals surface area contributed by atoms with Crippen molar-refractivity contribution in [3.63, 3.8) is 0 Å². The van der Waals surface area contributed by atoms with Gasteiger partial charge in [0.05, 0.1) is 6.54 Å². The van der Waals surface area contributed by atoms with Crippen LogP contribution in [0.1, 0.15) is 5.56 Å². The number of rotatable bonds is 5. The highest BCUT2D eigenvalue weighted by atomic mass is 32.1. The molecule has 0 spiro atoms. The summed E-state index contributed by atoms with van der Waals surface area (Å²) in [6.45, 7) is -0.248. The average Bonchev–Trinajstić information content (AvgIpc) is 3.22. The lowest BCUT2D eigenvalue weighted by atomic mass is 10.2.